The Morgan fingerprint density at radius 2 is 2.05 bits per heavy atom. The summed E-state index contributed by atoms with van der Waals surface area (Å²) in [6.45, 7) is 8.12. The molecule has 0 saturated heterocycles. The van der Waals surface area contributed by atoms with E-state index in [1.165, 1.54) is 6.07 Å². The molecule has 1 aromatic carbocycles. The summed E-state index contributed by atoms with van der Waals surface area (Å²) in [5, 5.41) is 4.35. The van der Waals surface area contributed by atoms with Crippen molar-refractivity contribution >= 4 is 19.7 Å². The molecule has 6 heteroatoms. The van der Waals surface area contributed by atoms with E-state index in [1.807, 2.05) is 6.20 Å². The zero-order chi connectivity index (χ0) is 15.5. The van der Waals surface area contributed by atoms with E-state index in [0.717, 1.165) is 23.8 Å². The lowest BCUT2D eigenvalue weighted by Crippen LogP contribution is -2.22. The van der Waals surface area contributed by atoms with Crippen molar-refractivity contribution in [1.82, 2.24) is 9.78 Å². The van der Waals surface area contributed by atoms with Crippen LogP contribution in [-0.4, -0.2) is 24.5 Å². The van der Waals surface area contributed by atoms with Crippen LogP contribution in [0, 0.1) is 5.82 Å². The standard InChI is InChI=1S/C15H20ClFN2OSi/c1-21(2,3)7-6-20-11-19-10-13(9-18-19)12-4-5-14(16)15(17)8-12/h4-5,8-10H,6-7,11H2,1-3H3. The van der Waals surface area contributed by atoms with Crippen molar-refractivity contribution in [2.75, 3.05) is 6.61 Å². The van der Waals surface area contributed by atoms with Gasteiger partial charge in [-0.2, -0.15) is 5.10 Å². The summed E-state index contributed by atoms with van der Waals surface area (Å²) < 4.78 is 20.8. The average Bonchev–Trinajstić information content (AvgIpc) is 2.86. The summed E-state index contributed by atoms with van der Waals surface area (Å²) >= 11 is 5.68. The Morgan fingerprint density at radius 1 is 1.29 bits per heavy atom. The Hall–Kier alpha value is -1.17. The number of halogens is 2. The minimum atomic E-state index is -1.06. The van der Waals surface area contributed by atoms with E-state index in [9.17, 15) is 4.39 Å². The molecule has 2 aromatic rings. The van der Waals surface area contributed by atoms with Crippen LogP contribution in [0.1, 0.15) is 0 Å². The lowest BCUT2D eigenvalue weighted by Gasteiger charge is -2.15. The van der Waals surface area contributed by atoms with Crippen LogP contribution in [0.3, 0.4) is 0 Å². The van der Waals surface area contributed by atoms with Gasteiger partial charge in [0.1, 0.15) is 12.5 Å². The predicted molar refractivity (Wildman–Crippen MR) is 86.7 cm³/mol. The Bertz CT molecular complexity index is 610. The first-order chi connectivity index (χ1) is 9.85. The number of rotatable bonds is 6. The van der Waals surface area contributed by atoms with E-state index in [2.05, 4.69) is 24.7 Å². The second kappa shape index (κ2) is 6.73. The molecule has 0 aliphatic heterocycles. The van der Waals surface area contributed by atoms with E-state index >= 15 is 0 Å². The number of ether oxygens (including phenoxy) is 1. The predicted octanol–water partition coefficient (Wildman–Crippen LogP) is 4.65. The number of aromatic nitrogens is 2. The van der Waals surface area contributed by atoms with Gasteiger partial charge in [-0.25, -0.2) is 9.07 Å². The zero-order valence-electron chi connectivity index (χ0n) is 12.6. The molecule has 0 fully saturated rings. The molecule has 0 amide bonds. The smallest absolute Gasteiger partial charge is 0.142 e. The first-order valence-corrected chi connectivity index (χ1v) is 11.0. The largest absolute Gasteiger partial charge is 0.360 e. The molecule has 0 N–H and O–H groups in total. The SMILES string of the molecule is C[Si](C)(C)CCOCn1cc(-c2ccc(Cl)c(F)c2)cn1. The van der Waals surface area contributed by atoms with E-state index in [0.29, 0.717) is 6.73 Å². The van der Waals surface area contributed by atoms with Crippen LogP contribution >= 0.6 is 11.6 Å². The van der Waals surface area contributed by atoms with Crippen LogP contribution in [0.25, 0.3) is 11.1 Å². The van der Waals surface area contributed by atoms with Crippen molar-refractivity contribution in [2.24, 2.45) is 0 Å². The molecule has 2 rings (SSSR count). The molecule has 0 atom stereocenters. The van der Waals surface area contributed by atoms with Crippen LogP contribution in [-0.2, 0) is 11.5 Å². The van der Waals surface area contributed by atoms with E-state index in [-0.39, 0.29) is 5.02 Å². The molecule has 114 valence electrons. The van der Waals surface area contributed by atoms with Gasteiger partial charge in [0.05, 0.1) is 11.2 Å². The second-order valence-electron chi connectivity index (χ2n) is 6.25. The summed E-state index contributed by atoms with van der Waals surface area (Å²) in [4.78, 5) is 0. The highest BCUT2D eigenvalue weighted by molar-refractivity contribution is 6.76. The van der Waals surface area contributed by atoms with Crippen LogP contribution in [0.5, 0.6) is 0 Å². The lowest BCUT2D eigenvalue weighted by molar-refractivity contribution is 0.0786. The molecule has 0 unspecified atom stereocenters. The van der Waals surface area contributed by atoms with Gasteiger partial charge in [-0.05, 0) is 23.7 Å². The van der Waals surface area contributed by atoms with Gasteiger partial charge in [-0.1, -0.05) is 37.3 Å². The molecule has 0 aliphatic carbocycles. The molecule has 0 saturated carbocycles. The maximum Gasteiger partial charge on any atom is 0.142 e. The highest BCUT2D eigenvalue weighted by Crippen LogP contribution is 2.23. The van der Waals surface area contributed by atoms with Crippen molar-refractivity contribution in [3.8, 4) is 11.1 Å². The van der Waals surface area contributed by atoms with Crippen molar-refractivity contribution in [3.05, 3.63) is 41.4 Å². The molecule has 21 heavy (non-hydrogen) atoms. The summed E-state index contributed by atoms with van der Waals surface area (Å²) in [6.07, 6.45) is 3.54. The zero-order valence-corrected chi connectivity index (χ0v) is 14.3. The van der Waals surface area contributed by atoms with Crippen molar-refractivity contribution in [3.63, 3.8) is 0 Å². The molecule has 1 heterocycles. The van der Waals surface area contributed by atoms with Crippen LogP contribution in [0.4, 0.5) is 4.39 Å². The third-order valence-electron chi connectivity index (χ3n) is 3.11. The van der Waals surface area contributed by atoms with Crippen LogP contribution in [0.15, 0.2) is 30.6 Å². The number of hydrogen-bond donors (Lipinski definition) is 0. The average molecular weight is 327 g/mol. The van der Waals surface area contributed by atoms with Gasteiger partial charge in [0.25, 0.3) is 0 Å². The molecule has 3 nitrogen and oxygen atoms in total. The topological polar surface area (TPSA) is 27.1 Å². The molecular formula is C15H20ClFN2OSi. The lowest BCUT2D eigenvalue weighted by atomic mass is 10.1. The van der Waals surface area contributed by atoms with Gasteiger partial charge < -0.3 is 4.74 Å². The third-order valence-corrected chi connectivity index (χ3v) is 5.12. The highest BCUT2D eigenvalue weighted by Gasteiger charge is 2.12. The fraction of sp³-hybridized carbons (Fsp3) is 0.400. The Labute approximate surface area is 130 Å². The summed E-state index contributed by atoms with van der Waals surface area (Å²) in [5.41, 5.74) is 1.60. The van der Waals surface area contributed by atoms with Crippen LogP contribution in [0.2, 0.25) is 30.7 Å². The Morgan fingerprint density at radius 3 is 2.71 bits per heavy atom. The normalized spacial score (nSPS) is 11.9. The van der Waals surface area contributed by atoms with Gasteiger partial charge in [0.15, 0.2) is 0 Å². The Balaban J connectivity index is 1.93. The molecule has 1 aromatic heterocycles. The quantitative estimate of drug-likeness (QED) is 0.570. The maximum atomic E-state index is 13.5. The number of hydrogen-bond acceptors (Lipinski definition) is 2. The summed E-state index contributed by atoms with van der Waals surface area (Å²) in [6, 6.07) is 5.87. The van der Waals surface area contributed by atoms with Gasteiger partial charge >= 0.3 is 0 Å². The van der Waals surface area contributed by atoms with Crippen molar-refractivity contribution < 1.29 is 9.13 Å². The fourth-order valence-electron chi connectivity index (χ4n) is 1.80. The Kier molecular flexibility index (Phi) is 5.19. The van der Waals surface area contributed by atoms with Crippen LogP contribution < -0.4 is 0 Å². The maximum absolute atomic E-state index is 13.5. The van der Waals surface area contributed by atoms with Crippen molar-refractivity contribution in [2.45, 2.75) is 32.4 Å². The molecular weight excluding hydrogens is 307 g/mol. The van der Waals surface area contributed by atoms with Gasteiger partial charge in [0, 0.05) is 26.4 Å². The number of nitrogens with zero attached hydrogens (tertiary/aromatic N) is 2. The van der Waals surface area contributed by atoms with Crippen molar-refractivity contribution in [1.29, 1.82) is 0 Å². The van der Waals surface area contributed by atoms with E-state index in [1.54, 1.807) is 23.0 Å². The highest BCUT2D eigenvalue weighted by atomic mass is 35.5. The molecule has 0 aliphatic rings. The first-order valence-electron chi connectivity index (χ1n) is 6.91. The number of benzene rings is 1. The van der Waals surface area contributed by atoms with E-state index in [4.69, 9.17) is 16.3 Å². The fourth-order valence-corrected chi connectivity index (χ4v) is 2.67. The minimum absolute atomic E-state index is 0.126. The van der Waals surface area contributed by atoms with E-state index < -0.39 is 13.9 Å². The summed E-state index contributed by atoms with van der Waals surface area (Å²) in [5.74, 6) is -0.423. The van der Waals surface area contributed by atoms with Gasteiger partial charge in [-0.15, -0.1) is 0 Å². The molecule has 0 radical (unpaired) electrons. The summed E-state index contributed by atoms with van der Waals surface area (Å²) in [7, 11) is -1.06. The molecule has 0 spiro atoms. The van der Waals surface area contributed by atoms with Gasteiger partial charge in [-0.3, -0.25) is 0 Å². The minimum Gasteiger partial charge on any atom is -0.360 e. The first kappa shape index (κ1) is 16.2. The second-order valence-corrected chi connectivity index (χ2v) is 12.3. The molecule has 0 bridgehead atoms. The third kappa shape index (κ3) is 4.95. The monoisotopic (exact) mass is 326 g/mol. The van der Waals surface area contributed by atoms with Gasteiger partial charge in [0.2, 0.25) is 0 Å².